The van der Waals surface area contributed by atoms with Gasteiger partial charge in [0.2, 0.25) is 5.88 Å². The Morgan fingerprint density at radius 3 is 2.71 bits per heavy atom. The zero-order chi connectivity index (χ0) is 12.3. The predicted molar refractivity (Wildman–Crippen MR) is 57.7 cm³/mol. The van der Waals surface area contributed by atoms with Crippen LogP contribution in [-0.2, 0) is 0 Å². The van der Waals surface area contributed by atoms with Crippen molar-refractivity contribution in [1.29, 1.82) is 0 Å². The van der Waals surface area contributed by atoms with Gasteiger partial charge in [-0.15, -0.1) is 0 Å². The van der Waals surface area contributed by atoms with Crippen molar-refractivity contribution < 1.29 is 19.0 Å². The molecule has 5 heteroatoms. The van der Waals surface area contributed by atoms with Crippen LogP contribution in [0.2, 0.25) is 0 Å². The summed E-state index contributed by atoms with van der Waals surface area (Å²) in [5.41, 5.74) is 0.0663. The molecule has 0 unspecified atom stereocenters. The Kier molecular flexibility index (Phi) is 3.00. The standard InChI is InChI=1S/C12H8FNO3/c13-9-2-1-3-10(6-9)17-11-5-4-8(7-14-11)12(15)16/h1-7H,(H,15,16). The van der Waals surface area contributed by atoms with Gasteiger partial charge in [-0.05, 0) is 18.2 Å². The van der Waals surface area contributed by atoms with Gasteiger partial charge in [-0.2, -0.15) is 0 Å². The second-order valence-corrected chi connectivity index (χ2v) is 3.25. The molecule has 0 saturated heterocycles. The SMILES string of the molecule is O=C(O)c1ccc(Oc2cccc(F)c2)nc1. The molecule has 0 atom stereocenters. The Balaban J connectivity index is 2.16. The maximum atomic E-state index is 12.9. The van der Waals surface area contributed by atoms with E-state index in [-0.39, 0.29) is 11.4 Å². The summed E-state index contributed by atoms with van der Waals surface area (Å²) in [4.78, 5) is 14.4. The number of rotatable bonds is 3. The van der Waals surface area contributed by atoms with Crippen LogP contribution in [0.4, 0.5) is 4.39 Å². The predicted octanol–water partition coefficient (Wildman–Crippen LogP) is 2.71. The smallest absolute Gasteiger partial charge is 0.337 e. The highest BCUT2D eigenvalue weighted by atomic mass is 19.1. The van der Waals surface area contributed by atoms with E-state index in [0.717, 1.165) is 0 Å². The zero-order valence-corrected chi connectivity index (χ0v) is 8.63. The molecule has 2 rings (SSSR count). The molecule has 17 heavy (non-hydrogen) atoms. The van der Waals surface area contributed by atoms with E-state index in [0.29, 0.717) is 5.75 Å². The largest absolute Gasteiger partial charge is 0.478 e. The van der Waals surface area contributed by atoms with Crippen molar-refractivity contribution in [3.05, 3.63) is 54.0 Å². The van der Waals surface area contributed by atoms with E-state index in [1.165, 1.54) is 36.5 Å². The van der Waals surface area contributed by atoms with Crippen molar-refractivity contribution in [2.45, 2.75) is 0 Å². The van der Waals surface area contributed by atoms with Crippen molar-refractivity contribution in [1.82, 2.24) is 4.98 Å². The number of benzene rings is 1. The van der Waals surface area contributed by atoms with Gasteiger partial charge < -0.3 is 9.84 Å². The minimum Gasteiger partial charge on any atom is -0.478 e. The molecule has 0 aliphatic heterocycles. The molecule has 0 amide bonds. The van der Waals surface area contributed by atoms with Gasteiger partial charge in [-0.3, -0.25) is 0 Å². The zero-order valence-electron chi connectivity index (χ0n) is 8.63. The first kappa shape index (κ1) is 11.1. The Morgan fingerprint density at radius 1 is 1.29 bits per heavy atom. The second-order valence-electron chi connectivity index (χ2n) is 3.25. The molecule has 1 heterocycles. The number of carbonyl (C=O) groups is 1. The van der Waals surface area contributed by atoms with Crippen LogP contribution >= 0.6 is 0 Å². The summed E-state index contributed by atoms with van der Waals surface area (Å²) in [5.74, 6) is -0.958. The Hall–Kier alpha value is -2.43. The number of ether oxygens (including phenoxy) is 1. The first-order valence-electron chi connectivity index (χ1n) is 4.78. The fourth-order valence-electron chi connectivity index (χ4n) is 1.22. The van der Waals surface area contributed by atoms with Gasteiger partial charge in [0, 0.05) is 18.3 Å². The summed E-state index contributed by atoms with van der Waals surface area (Å²) in [7, 11) is 0. The van der Waals surface area contributed by atoms with Gasteiger partial charge in [0.1, 0.15) is 11.6 Å². The highest BCUT2D eigenvalue weighted by Crippen LogP contribution is 2.19. The van der Waals surface area contributed by atoms with Gasteiger partial charge in [0.05, 0.1) is 5.56 Å². The molecule has 0 aliphatic rings. The Labute approximate surface area is 96.3 Å². The lowest BCUT2D eigenvalue weighted by atomic mass is 10.3. The number of carboxylic acids is 1. The van der Waals surface area contributed by atoms with Crippen LogP contribution < -0.4 is 4.74 Å². The van der Waals surface area contributed by atoms with E-state index < -0.39 is 11.8 Å². The minimum atomic E-state index is -1.06. The van der Waals surface area contributed by atoms with Crippen molar-refractivity contribution >= 4 is 5.97 Å². The normalized spacial score (nSPS) is 9.94. The van der Waals surface area contributed by atoms with Crippen LogP contribution in [-0.4, -0.2) is 16.1 Å². The molecular formula is C12H8FNO3. The van der Waals surface area contributed by atoms with E-state index in [1.54, 1.807) is 6.07 Å². The fourth-order valence-corrected chi connectivity index (χ4v) is 1.22. The van der Waals surface area contributed by atoms with Crippen LogP contribution in [0.25, 0.3) is 0 Å². The molecule has 0 aliphatic carbocycles. The molecule has 1 aromatic heterocycles. The number of halogens is 1. The molecule has 0 bridgehead atoms. The molecule has 0 spiro atoms. The highest BCUT2D eigenvalue weighted by Gasteiger charge is 2.04. The molecule has 0 fully saturated rings. The van der Waals surface area contributed by atoms with Gasteiger partial charge in [0.15, 0.2) is 0 Å². The van der Waals surface area contributed by atoms with Crippen molar-refractivity contribution in [2.75, 3.05) is 0 Å². The van der Waals surface area contributed by atoms with Crippen LogP contribution in [0, 0.1) is 5.82 Å². The molecule has 2 aromatic rings. The summed E-state index contributed by atoms with van der Waals surface area (Å²) in [6.45, 7) is 0. The Bertz CT molecular complexity index is 540. The van der Waals surface area contributed by atoms with Crippen molar-refractivity contribution in [3.8, 4) is 11.6 Å². The number of pyridine rings is 1. The second kappa shape index (κ2) is 4.61. The first-order chi connectivity index (χ1) is 8.15. The third-order valence-electron chi connectivity index (χ3n) is 2.00. The summed E-state index contributed by atoms with van der Waals surface area (Å²) in [6, 6.07) is 8.38. The van der Waals surface area contributed by atoms with Gasteiger partial charge in [-0.1, -0.05) is 6.07 Å². The van der Waals surface area contributed by atoms with E-state index in [9.17, 15) is 9.18 Å². The highest BCUT2D eigenvalue weighted by molar-refractivity contribution is 5.87. The molecule has 0 radical (unpaired) electrons. The monoisotopic (exact) mass is 233 g/mol. The average molecular weight is 233 g/mol. The van der Waals surface area contributed by atoms with Crippen LogP contribution in [0.1, 0.15) is 10.4 Å². The fraction of sp³-hybridized carbons (Fsp3) is 0. The van der Waals surface area contributed by atoms with Gasteiger partial charge in [-0.25, -0.2) is 14.2 Å². The Morgan fingerprint density at radius 2 is 2.12 bits per heavy atom. The summed E-state index contributed by atoms with van der Waals surface area (Å²) >= 11 is 0. The summed E-state index contributed by atoms with van der Waals surface area (Å²) in [5, 5.41) is 8.67. The molecule has 86 valence electrons. The lowest BCUT2D eigenvalue weighted by molar-refractivity contribution is 0.0696. The number of hydrogen-bond donors (Lipinski definition) is 1. The van der Waals surface area contributed by atoms with E-state index in [4.69, 9.17) is 9.84 Å². The number of aromatic carboxylic acids is 1. The maximum absolute atomic E-state index is 12.9. The topological polar surface area (TPSA) is 59.4 Å². The summed E-state index contributed by atoms with van der Waals surface area (Å²) in [6.07, 6.45) is 1.18. The molecule has 4 nitrogen and oxygen atoms in total. The maximum Gasteiger partial charge on any atom is 0.337 e. The first-order valence-corrected chi connectivity index (χ1v) is 4.78. The van der Waals surface area contributed by atoms with Gasteiger partial charge >= 0.3 is 5.97 Å². The number of nitrogens with zero attached hydrogens (tertiary/aromatic N) is 1. The molecular weight excluding hydrogens is 225 g/mol. The van der Waals surface area contributed by atoms with Crippen LogP contribution in [0.15, 0.2) is 42.6 Å². The number of aromatic nitrogens is 1. The third kappa shape index (κ3) is 2.78. The number of carboxylic acid groups (broad SMARTS) is 1. The van der Waals surface area contributed by atoms with Crippen LogP contribution in [0.3, 0.4) is 0 Å². The molecule has 1 aromatic carbocycles. The van der Waals surface area contributed by atoms with Crippen molar-refractivity contribution in [2.24, 2.45) is 0 Å². The lowest BCUT2D eigenvalue weighted by Crippen LogP contribution is -1.97. The lowest BCUT2D eigenvalue weighted by Gasteiger charge is -2.04. The van der Waals surface area contributed by atoms with Gasteiger partial charge in [0.25, 0.3) is 0 Å². The van der Waals surface area contributed by atoms with E-state index >= 15 is 0 Å². The van der Waals surface area contributed by atoms with Crippen LogP contribution in [0.5, 0.6) is 11.6 Å². The number of hydrogen-bond acceptors (Lipinski definition) is 3. The third-order valence-corrected chi connectivity index (χ3v) is 2.00. The van der Waals surface area contributed by atoms with E-state index in [2.05, 4.69) is 4.98 Å². The summed E-state index contributed by atoms with van der Waals surface area (Å²) < 4.78 is 18.1. The van der Waals surface area contributed by atoms with E-state index in [1.807, 2.05) is 0 Å². The van der Waals surface area contributed by atoms with Crippen molar-refractivity contribution in [3.63, 3.8) is 0 Å². The average Bonchev–Trinajstić information content (AvgIpc) is 2.29. The quantitative estimate of drug-likeness (QED) is 0.885. The molecule has 0 saturated carbocycles. The minimum absolute atomic E-state index is 0.0663. The molecule has 1 N–H and O–H groups in total.